The second-order valence-corrected chi connectivity index (χ2v) is 4.66. The summed E-state index contributed by atoms with van der Waals surface area (Å²) in [6.45, 7) is 5.05. The maximum absolute atomic E-state index is 11.8. The number of aliphatic carboxylic acids is 1. The lowest BCUT2D eigenvalue weighted by molar-refractivity contribution is -0.146. The van der Waals surface area contributed by atoms with Gasteiger partial charge in [0.1, 0.15) is 0 Å². The quantitative estimate of drug-likeness (QED) is 0.794. The Morgan fingerprint density at radius 2 is 1.69 bits per heavy atom. The molecule has 3 heteroatoms. The largest absolute Gasteiger partial charge is 0.481 e. The molecular weight excluding hydrogens is 204 g/mol. The maximum Gasteiger partial charge on any atom is 0.309 e. The third kappa shape index (κ3) is 2.92. The van der Waals surface area contributed by atoms with Crippen molar-refractivity contribution in [3.05, 3.63) is 35.4 Å². The summed E-state index contributed by atoms with van der Waals surface area (Å²) in [4.78, 5) is 22.7. The monoisotopic (exact) mass is 220 g/mol. The number of hydrogen-bond acceptors (Lipinski definition) is 2. The number of benzene rings is 1. The lowest BCUT2D eigenvalue weighted by Gasteiger charge is -2.17. The number of Topliss-reactive ketones (excluding diaryl/α,β-unsaturated/α-hetero) is 1. The number of carboxylic acid groups (broad SMARTS) is 1. The van der Waals surface area contributed by atoms with Gasteiger partial charge >= 0.3 is 5.97 Å². The van der Waals surface area contributed by atoms with Crippen LogP contribution in [-0.4, -0.2) is 16.9 Å². The van der Waals surface area contributed by atoms with Gasteiger partial charge in [-0.2, -0.15) is 0 Å². The lowest BCUT2D eigenvalue weighted by atomic mass is 9.85. The van der Waals surface area contributed by atoms with Crippen molar-refractivity contribution in [3.63, 3.8) is 0 Å². The molecule has 0 saturated carbocycles. The van der Waals surface area contributed by atoms with E-state index in [4.69, 9.17) is 5.11 Å². The molecule has 0 aliphatic heterocycles. The zero-order chi connectivity index (χ0) is 12.3. The highest BCUT2D eigenvalue weighted by Crippen LogP contribution is 2.23. The Morgan fingerprint density at radius 3 is 2.12 bits per heavy atom. The summed E-state index contributed by atoms with van der Waals surface area (Å²) in [5.74, 6) is -1.08. The third-order valence-corrected chi connectivity index (χ3v) is 2.55. The van der Waals surface area contributed by atoms with E-state index in [0.29, 0.717) is 5.56 Å². The Hall–Kier alpha value is -1.64. The number of ketones is 1. The van der Waals surface area contributed by atoms with Crippen LogP contribution in [0, 0.1) is 12.3 Å². The van der Waals surface area contributed by atoms with E-state index < -0.39 is 11.4 Å². The van der Waals surface area contributed by atoms with Gasteiger partial charge in [-0.1, -0.05) is 29.8 Å². The van der Waals surface area contributed by atoms with Crippen molar-refractivity contribution >= 4 is 11.8 Å². The fourth-order valence-electron chi connectivity index (χ4n) is 1.32. The van der Waals surface area contributed by atoms with Crippen LogP contribution in [0.2, 0.25) is 0 Å². The van der Waals surface area contributed by atoms with E-state index in [2.05, 4.69) is 0 Å². The van der Waals surface area contributed by atoms with Crippen molar-refractivity contribution in [2.45, 2.75) is 27.2 Å². The minimum absolute atomic E-state index is 0.0192. The standard InChI is InChI=1S/C13H16O3/c1-9-4-6-10(7-5-9)11(14)8-13(2,3)12(15)16/h4-7H,8H2,1-3H3,(H,15,16). The number of aryl methyl sites for hydroxylation is 1. The van der Waals surface area contributed by atoms with Gasteiger partial charge in [-0.05, 0) is 20.8 Å². The first-order valence-electron chi connectivity index (χ1n) is 5.16. The van der Waals surface area contributed by atoms with Gasteiger partial charge in [0.25, 0.3) is 0 Å². The number of carbonyl (C=O) groups is 2. The molecule has 1 rings (SSSR count). The van der Waals surface area contributed by atoms with Gasteiger partial charge in [0.05, 0.1) is 5.41 Å². The second kappa shape index (κ2) is 4.47. The summed E-state index contributed by atoms with van der Waals surface area (Å²) in [7, 11) is 0. The predicted molar refractivity (Wildman–Crippen MR) is 61.5 cm³/mol. The zero-order valence-electron chi connectivity index (χ0n) is 9.78. The van der Waals surface area contributed by atoms with Gasteiger partial charge in [-0.15, -0.1) is 0 Å². The molecule has 1 aromatic carbocycles. The van der Waals surface area contributed by atoms with Gasteiger partial charge in [-0.3, -0.25) is 9.59 Å². The van der Waals surface area contributed by atoms with Crippen LogP contribution >= 0.6 is 0 Å². The van der Waals surface area contributed by atoms with Gasteiger partial charge in [0.15, 0.2) is 5.78 Å². The van der Waals surface area contributed by atoms with Crippen LogP contribution in [0.5, 0.6) is 0 Å². The molecule has 0 heterocycles. The maximum atomic E-state index is 11.8. The van der Waals surface area contributed by atoms with Crippen molar-refractivity contribution in [2.24, 2.45) is 5.41 Å². The van der Waals surface area contributed by atoms with Crippen LogP contribution in [0.1, 0.15) is 36.2 Å². The van der Waals surface area contributed by atoms with Gasteiger partial charge < -0.3 is 5.11 Å². The molecule has 0 unspecified atom stereocenters. The molecule has 0 aromatic heterocycles. The number of carboxylic acids is 1. The average molecular weight is 220 g/mol. The molecule has 1 N–H and O–H groups in total. The molecule has 3 nitrogen and oxygen atoms in total. The molecule has 0 saturated heterocycles. The highest BCUT2D eigenvalue weighted by molar-refractivity contribution is 5.98. The molecule has 0 atom stereocenters. The molecule has 0 spiro atoms. The van der Waals surface area contributed by atoms with Crippen molar-refractivity contribution < 1.29 is 14.7 Å². The van der Waals surface area contributed by atoms with E-state index in [1.54, 1.807) is 26.0 Å². The van der Waals surface area contributed by atoms with Crippen molar-refractivity contribution in [1.82, 2.24) is 0 Å². The average Bonchev–Trinajstić information content (AvgIpc) is 2.17. The van der Waals surface area contributed by atoms with E-state index in [-0.39, 0.29) is 12.2 Å². The normalized spacial score (nSPS) is 11.2. The molecule has 0 radical (unpaired) electrons. The minimum atomic E-state index is -1.01. The number of hydrogen-bond donors (Lipinski definition) is 1. The Labute approximate surface area is 95.1 Å². The van der Waals surface area contributed by atoms with Crippen LogP contribution in [-0.2, 0) is 4.79 Å². The molecule has 0 bridgehead atoms. The van der Waals surface area contributed by atoms with Crippen LogP contribution < -0.4 is 0 Å². The van der Waals surface area contributed by atoms with E-state index in [1.807, 2.05) is 19.1 Å². The smallest absolute Gasteiger partial charge is 0.309 e. The Balaban J connectivity index is 2.81. The van der Waals surface area contributed by atoms with Gasteiger partial charge in [0.2, 0.25) is 0 Å². The minimum Gasteiger partial charge on any atom is -0.481 e. The number of carbonyl (C=O) groups excluding carboxylic acids is 1. The molecule has 16 heavy (non-hydrogen) atoms. The summed E-state index contributed by atoms with van der Waals surface area (Å²) in [6.07, 6.45) is 0.0192. The molecule has 0 aliphatic carbocycles. The number of rotatable bonds is 4. The van der Waals surface area contributed by atoms with Crippen molar-refractivity contribution in [3.8, 4) is 0 Å². The Kier molecular flexibility index (Phi) is 3.48. The molecule has 86 valence electrons. The Morgan fingerprint density at radius 1 is 1.19 bits per heavy atom. The first-order chi connectivity index (χ1) is 7.33. The fraction of sp³-hybridized carbons (Fsp3) is 0.385. The van der Waals surface area contributed by atoms with Crippen LogP contribution in [0.3, 0.4) is 0 Å². The highest BCUT2D eigenvalue weighted by atomic mass is 16.4. The zero-order valence-corrected chi connectivity index (χ0v) is 9.78. The van der Waals surface area contributed by atoms with E-state index in [9.17, 15) is 9.59 Å². The molecular formula is C13H16O3. The third-order valence-electron chi connectivity index (χ3n) is 2.55. The summed E-state index contributed by atoms with van der Waals surface area (Å²) >= 11 is 0. The van der Waals surface area contributed by atoms with E-state index in [1.165, 1.54) is 0 Å². The summed E-state index contributed by atoms with van der Waals surface area (Å²) < 4.78 is 0. The van der Waals surface area contributed by atoms with Crippen molar-refractivity contribution in [2.75, 3.05) is 0 Å². The van der Waals surface area contributed by atoms with Gasteiger partial charge in [0, 0.05) is 12.0 Å². The first-order valence-corrected chi connectivity index (χ1v) is 5.16. The summed E-state index contributed by atoms with van der Waals surface area (Å²) in [5.41, 5.74) is 0.635. The Bertz CT molecular complexity index is 402. The van der Waals surface area contributed by atoms with Crippen LogP contribution in [0.25, 0.3) is 0 Å². The van der Waals surface area contributed by atoms with E-state index >= 15 is 0 Å². The van der Waals surface area contributed by atoms with Crippen LogP contribution in [0.15, 0.2) is 24.3 Å². The summed E-state index contributed by atoms with van der Waals surface area (Å²) in [5, 5.41) is 8.93. The first kappa shape index (κ1) is 12.4. The van der Waals surface area contributed by atoms with E-state index in [0.717, 1.165) is 5.56 Å². The van der Waals surface area contributed by atoms with Gasteiger partial charge in [-0.25, -0.2) is 0 Å². The van der Waals surface area contributed by atoms with Crippen LogP contribution in [0.4, 0.5) is 0 Å². The lowest BCUT2D eigenvalue weighted by Crippen LogP contribution is -2.26. The molecule has 1 aromatic rings. The molecule has 0 fully saturated rings. The topological polar surface area (TPSA) is 54.4 Å². The predicted octanol–water partition coefficient (Wildman–Crippen LogP) is 2.68. The fourth-order valence-corrected chi connectivity index (χ4v) is 1.32. The highest BCUT2D eigenvalue weighted by Gasteiger charge is 2.30. The molecule has 0 aliphatic rings. The molecule has 0 amide bonds. The van der Waals surface area contributed by atoms with Crippen molar-refractivity contribution in [1.29, 1.82) is 0 Å². The second-order valence-electron chi connectivity index (χ2n) is 4.66. The SMILES string of the molecule is Cc1ccc(C(=O)CC(C)(C)C(=O)O)cc1. The summed E-state index contributed by atoms with van der Waals surface area (Å²) in [6, 6.07) is 7.16.